The average Bonchev–Trinajstić information content (AvgIpc) is 2.85. The number of pyridine rings is 1. The lowest BCUT2D eigenvalue weighted by Gasteiger charge is -2.17. The van der Waals surface area contributed by atoms with E-state index in [1.165, 1.54) is 0 Å². The van der Waals surface area contributed by atoms with E-state index in [0.717, 1.165) is 16.5 Å². The number of aryl methyl sites for hydroxylation is 2. The Morgan fingerprint density at radius 1 is 1.23 bits per heavy atom. The molecule has 0 aliphatic rings. The Balaban J connectivity index is 1.88. The van der Waals surface area contributed by atoms with Crippen LogP contribution in [-0.2, 0) is 6.54 Å². The van der Waals surface area contributed by atoms with Crippen LogP contribution >= 0.6 is 0 Å². The van der Waals surface area contributed by atoms with Gasteiger partial charge in [-0.3, -0.25) is 9.78 Å². The van der Waals surface area contributed by atoms with E-state index in [1.54, 1.807) is 32.0 Å². The number of oxazole rings is 1. The lowest BCUT2D eigenvalue weighted by molar-refractivity contribution is 0.0778. The maximum atomic E-state index is 12.5. The highest BCUT2D eigenvalue weighted by atomic mass is 16.4. The fourth-order valence-electron chi connectivity index (χ4n) is 2.54. The fourth-order valence-corrected chi connectivity index (χ4v) is 2.54. The van der Waals surface area contributed by atoms with Gasteiger partial charge in [-0.25, -0.2) is 4.98 Å². The van der Waals surface area contributed by atoms with Gasteiger partial charge in [0, 0.05) is 32.1 Å². The number of hydrogen-bond donors (Lipinski definition) is 0. The van der Waals surface area contributed by atoms with Crippen LogP contribution in [0.5, 0.6) is 0 Å². The van der Waals surface area contributed by atoms with E-state index in [4.69, 9.17) is 4.42 Å². The molecule has 22 heavy (non-hydrogen) atoms. The molecule has 2 aromatic heterocycles. The highest BCUT2D eigenvalue weighted by molar-refractivity contribution is 5.93. The van der Waals surface area contributed by atoms with Gasteiger partial charge in [0.15, 0.2) is 11.6 Å². The Morgan fingerprint density at radius 3 is 2.77 bits per heavy atom. The van der Waals surface area contributed by atoms with Crippen molar-refractivity contribution in [2.24, 2.45) is 0 Å². The molecule has 0 fully saturated rings. The summed E-state index contributed by atoms with van der Waals surface area (Å²) in [5.41, 5.74) is 2.35. The minimum Gasteiger partial charge on any atom is -0.445 e. The molecule has 1 aromatic carbocycles. The molecule has 2 heterocycles. The minimum atomic E-state index is -0.143. The van der Waals surface area contributed by atoms with Crippen LogP contribution in [-0.4, -0.2) is 27.8 Å². The van der Waals surface area contributed by atoms with Crippen molar-refractivity contribution < 1.29 is 9.21 Å². The molecule has 1 amide bonds. The summed E-state index contributed by atoms with van der Waals surface area (Å²) in [6.07, 6.45) is 1.77. The van der Waals surface area contributed by atoms with E-state index in [9.17, 15) is 4.79 Å². The third-order valence-electron chi connectivity index (χ3n) is 3.60. The van der Waals surface area contributed by atoms with Gasteiger partial charge in [-0.05, 0) is 24.6 Å². The molecule has 3 rings (SSSR count). The van der Waals surface area contributed by atoms with Crippen LogP contribution in [0.25, 0.3) is 10.9 Å². The standard InChI is InChI=1S/C17H17N3O2/c1-11-16(19-12(2)22-11)17(21)20(3)10-13-6-4-8-15-14(13)7-5-9-18-15/h4-9H,10H2,1-3H3. The number of rotatable bonds is 3. The largest absolute Gasteiger partial charge is 0.445 e. The normalized spacial score (nSPS) is 10.9. The van der Waals surface area contributed by atoms with Crippen LogP contribution in [0.15, 0.2) is 40.9 Å². The zero-order valence-corrected chi connectivity index (χ0v) is 12.8. The maximum absolute atomic E-state index is 12.5. The Hall–Kier alpha value is -2.69. The molecule has 112 valence electrons. The van der Waals surface area contributed by atoms with Crippen molar-refractivity contribution in [2.75, 3.05) is 7.05 Å². The molecule has 0 aliphatic heterocycles. The first-order chi connectivity index (χ1) is 10.6. The first-order valence-corrected chi connectivity index (χ1v) is 7.08. The van der Waals surface area contributed by atoms with Crippen LogP contribution < -0.4 is 0 Å². The summed E-state index contributed by atoms with van der Waals surface area (Å²) in [7, 11) is 1.76. The van der Waals surface area contributed by atoms with Gasteiger partial charge in [0.25, 0.3) is 5.91 Å². The molecular formula is C17H17N3O2. The lowest BCUT2D eigenvalue weighted by atomic mass is 10.1. The van der Waals surface area contributed by atoms with Gasteiger partial charge in [0.2, 0.25) is 0 Å². The molecule has 0 bridgehead atoms. The van der Waals surface area contributed by atoms with Crippen LogP contribution in [0.2, 0.25) is 0 Å². The second-order valence-electron chi connectivity index (χ2n) is 5.29. The van der Waals surface area contributed by atoms with E-state index in [0.29, 0.717) is 23.9 Å². The van der Waals surface area contributed by atoms with Crippen molar-refractivity contribution in [1.29, 1.82) is 0 Å². The van der Waals surface area contributed by atoms with Crippen molar-refractivity contribution >= 4 is 16.8 Å². The first kappa shape index (κ1) is 14.3. The molecule has 5 nitrogen and oxygen atoms in total. The molecule has 0 spiro atoms. The quantitative estimate of drug-likeness (QED) is 0.745. The molecular weight excluding hydrogens is 278 g/mol. The van der Waals surface area contributed by atoms with Crippen LogP contribution in [0, 0.1) is 13.8 Å². The van der Waals surface area contributed by atoms with Gasteiger partial charge in [-0.15, -0.1) is 0 Å². The SMILES string of the molecule is Cc1nc(C(=O)N(C)Cc2cccc3ncccc23)c(C)o1. The Bertz CT molecular complexity index is 834. The second-order valence-corrected chi connectivity index (χ2v) is 5.29. The van der Waals surface area contributed by atoms with Gasteiger partial charge < -0.3 is 9.32 Å². The Labute approximate surface area is 128 Å². The van der Waals surface area contributed by atoms with E-state index in [-0.39, 0.29) is 5.91 Å². The van der Waals surface area contributed by atoms with Crippen molar-refractivity contribution in [3.8, 4) is 0 Å². The lowest BCUT2D eigenvalue weighted by Crippen LogP contribution is -2.27. The summed E-state index contributed by atoms with van der Waals surface area (Å²) < 4.78 is 5.34. The highest BCUT2D eigenvalue weighted by Crippen LogP contribution is 2.19. The first-order valence-electron chi connectivity index (χ1n) is 7.08. The molecule has 3 aromatic rings. The monoisotopic (exact) mass is 295 g/mol. The average molecular weight is 295 g/mol. The number of aromatic nitrogens is 2. The number of fused-ring (bicyclic) bond motifs is 1. The number of hydrogen-bond acceptors (Lipinski definition) is 4. The molecule has 0 aliphatic carbocycles. The number of nitrogens with zero attached hydrogens (tertiary/aromatic N) is 3. The predicted molar refractivity (Wildman–Crippen MR) is 83.5 cm³/mol. The number of amides is 1. The molecule has 0 atom stereocenters. The van der Waals surface area contributed by atoms with E-state index in [2.05, 4.69) is 9.97 Å². The van der Waals surface area contributed by atoms with Crippen LogP contribution in [0.4, 0.5) is 0 Å². The minimum absolute atomic E-state index is 0.143. The van der Waals surface area contributed by atoms with Gasteiger partial charge in [0.1, 0.15) is 5.76 Å². The van der Waals surface area contributed by atoms with Crippen molar-refractivity contribution in [3.63, 3.8) is 0 Å². The Morgan fingerprint density at radius 2 is 2.05 bits per heavy atom. The molecule has 0 N–H and O–H groups in total. The van der Waals surface area contributed by atoms with Crippen molar-refractivity contribution in [3.05, 3.63) is 59.4 Å². The van der Waals surface area contributed by atoms with Gasteiger partial charge in [0.05, 0.1) is 5.52 Å². The van der Waals surface area contributed by atoms with E-state index in [1.807, 2.05) is 30.3 Å². The molecule has 0 radical (unpaired) electrons. The smallest absolute Gasteiger partial charge is 0.276 e. The number of benzene rings is 1. The highest BCUT2D eigenvalue weighted by Gasteiger charge is 2.20. The van der Waals surface area contributed by atoms with E-state index >= 15 is 0 Å². The summed E-state index contributed by atoms with van der Waals surface area (Å²) in [4.78, 5) is 22.7. The van der Waals surface area contributed by atoms with Crippen LogP contribution in [0.1, 0.15) is 27.7 Å². The molecule has 0 unspecified atom stereocenters. The number of carbonyl (C=O) groups excluding carboxylic acids is 1. The molecule has 0 saturated carbocycles. The Kier molecular flexibility index (Phi) is 3.63. The van der Waals surface area contributed by atoms with Crippen molar-refractivity contribution in [2.45, 2.75) is 20.4 Å². The third kappa shape index (κ3) is 2.57. The van der Waals surface area contributed by atoms with Gasteiger partial charge >= 0.3 is 0 Å². The second kappa shape index (κ2) is 5.60. The fraction of sp³-hybridized carbons (Fsp3) is 0.235. The third-order valence-corrected chi connectivity index (χ3v) is 3.60. The maximum Gasteiger partial charge on any atom is 0.276 e. The summed E-state index contributed by atoms with van der Waals surface area (Å²) in [6, 6.07) is 9.84. The van der Waals surface area contributed by atoms with E-state index < -0.39 is 0 Å². The predicted octanol–water partition coefficient (Wildman–Crippen LogP) is 3.11. The molecule has 5 heteroatoms. The van der Waals surface area contributed by atoms with Crippen molar-refractivity contribution in [1.82, 2.24) is 14.9 Å². The summed E-state index contributed by atoms with van der Waals surface area (Å²) >= 11 is 0. The number of carbonyl (C=O) groups is 1. The van der Waals surface area contributed by atoms with Gasteiger partial charge in [-0.1, -0.05) is 18.2 Å². The summed E-state index contributed by atoms with van der Waals surface area (Å²) in [5, 5.41) is 1.05. The molecule has 0 saturated heterocycles. The topological polar surface area (TPSA) is 59.2 Å². The zero-order valence-electron chi connectivity index (χ0n) is 12.8. The summed E-state index contributed by atoms with van der Waals surface area (Å²) in [5.74, 6) is 0.910. The zero-order chi connectivity index (χ0) is 15.7. The van der Waals surface area contributed by atoms with Gasteiger partial charge in [-0.2, -0.15) is 0 Å². The summed E-state index contributed by atoms with van der Waals surface area (Å²) in [6.45, 7) is 3.98. The van der Waals surface area contributed by atoms with Crippen LogP contribution in [0.3, 0.4) is 0 Å².